The number of nitrogens with one attached hydrogen (secondary N) is 1. The predicted molar refractivity (Wildman–Crippen MR) is 144 cm³/mol. The number of nitrogens with zero attached hydrogens (tertiary/aromatic N) is 3. The molecule has 2 aromatic heterocycles. The molecule has 1 fully saturated rings. The van der Waals surface area contributed by atoms with E-state index in [0.29, 0.717) is 37.7 Å². The fraction of sp³-hybridized carbons (Fsp3) is 0.654. The average Bonchev–Trinajstić information content (AvgIpc) is 3.19. The molecule has 1 amide bonds. The van der Waals surface area contributed by atoms with E-state index < -0.39 is 19.6 Å². The van der Waals surface area contributed by atoms with E-state index in [-0.39, 0.29) is 18.7 Å². The number of carbonyl (C=O) groups is 2. The summed E-state index contributed by atoms with van der Waals surface area (Å²) in [7, 11) is -1.17. The van der Waals surface area contributed by atoms with E-state index in [1.165, 1.54) is 0 Å². The van der Waals surface area contributed by atoms with Crippen LogP contribution >= 0.6 is 0 Å². The first-order valence-electron chi connectivity index (χ1n) is 12.8. The highest BCUT2D eigenvalue weighted by atomic mass is 28.3. The number of piperidine rings is 1. The van der Waals surface area contributed by atoms with Crippen molar-refractivity contribution in [1.82, 2.24) is 14.5 Å². The van der Waals surface area contributed by atoms with Crippen molar-refractivity contribution in [1.29, 1.82) is 0 Å². The molecule has 1 aliphatic rings. The van der Waals surface area contributed by atoms with Crippen molar-refractivity contribution in [3.63, 3.8) is 0 Å². The van der Waals surface area contributed by atoms with Gasteiger partial charge in [-0.15, -0.1) is 0 Å². The van der Waals surface area contributed by atoms with E-state index in [0.717, 1.165) is 29.9 Å². The molecule has 36 heavy (non-hydrogen) atoms. The monoisotopic (exact) mass is 518 g/mol. The second-order valence-electron chi connectivity index (χ2n) is 11.5. The highest BCUT2D eigenvalue weighted by Gasteiger charge is 2.29. The van der Waals surface area contributed by atoms with Crippen molar-refractivity contribution < 1.29 is 23.8 Å². The predicted octanol–water partition coefficient (Wildman–Crippen LogP) is 5.34. The Kier molecular flexibility index (Phi) is 9.05. The number of pyridine rings is 1. The maximum atomic E-state index is 12.8. The number of likely N-dealkylation sites (tertiary alicyclic amines) is 1. The summed E-state index contributed by atoms with van der Waals surface area (Å²) in [6.07, 6.45) is 4.88. The molecule has 1 saturated heterocycles. The molecule has 3 rings (SSSR count). The standard InChI is InChI=1S/C26H42N4O5Si/c1-8-34-24(31)21-16-27-23-20(11-13-30(23)18-33-14-15-36(5,6)7)22(21)28-19-10-9-12-29(17-19)25(32)35-26(2,3)4/h11,13,16,19H,8-10,12,14-15,17-18H2,1-7H3,(H,27,28)/t19-/m1/s1. The van der Waals surface area contributed by atoms with Gasteiger partial charge in [-0.2, -0.15) is 0 Å². The van der Waals surface area contributed by atoms with Crippen LogP contribution < -0.4 is 5.32 Å². The molecule has 1 aliphatic heterocycles. The molecule has 0 aromatic carbocycles. The number of rotatable bonds is 9. The Morgan fingerprint density at radius 1 is 1.25 bits per heavy atom. The molecule has 0 spiro atoms. The first-order chi connectivity index (χ1) is 16.9. The molecule has 2 aromatic rings. The highest BCUT2D eigenvalue weighted by Crippen LogP contribution is 2.30. The summed E-state index contributed by atoms with van der Waals surface area (Å²) in [6.45, 7) is 16.9. The van der Waals surface area contributed by atoms with E-state index in [4.69, 9.17) is 14.2 Å². The van der Waals surface area contributed by atoms with Crippen molar-refractivity contribution in [3.8, 4) is 0 Å². The van der Waals surface area contributed by atoms with Crippen molar-refractivity contribution in [2.24, 2.45) is 0 Å². The zero-order valence-electron chi connectivity index (χ0n) is 22.8. The molecule has 0 aliphatic carbocycles. The van der Waals surface area contributed by atoms with Gasteiger partial charge in [0.2, 0.25) is 0 Å². The summed E-state index contributed by atoms with van der Waals surface area (Å²) in [5.74, 6) is -0.423. The number of amides is 1. The maximum Gasteiger partial charge on any atom is 0.410 e. The summed E-state index contributed by atoms with van der Waals surface area (Å²) in [5, 5.41) is 4.36. The van der Waals surface area contributed by atoms with Crippen molar-refractivity contribution in [2.45, 2.75) is 84.6 Å². The van der Waals surface area contributed by atoms with Gasteiger partial charge < -0.3 is 29.0 Å². The van der Waals surface area contributed by atoms with Crippen LogP contribution in [-0.2, 0) is 20.9 Å². The Labute approximate surface area is 215 Å². The van der Waals surface area contributed by atoms with E-state index in [1.54, 1.807) is 18.0 Å². The van der Waals surface area contributed by atoms with Crippen LogP contribution in [0.3, 0.4) is 0 Å². The number of hydrogen-bond acceptors (Lipinski definition) is 7. The molecule has 0 radical (unpaired) electrons. The van der Waals surface area contributed by atoms with Gasteiger partial charge in [0.1, 0.15) is 23.5 Å². The number of carbonyl (C=O) groups excluding carboxylic acids is 2. The lowest BCUT2D eigenvalue weighted by Crippen LogP contribution is -2.47. The molecular formula is C26H42N4O5Si. The van der Waals surface area contributed by atoms with Crippen LogP contribution in [0.25, 0.3) is 11.0 Å². The second kappa shape index (κ2) is 11.6. The molecule has 0 unspecified atom stereocenters. The third kappa shape index (κ3) is 7.70. The third-order valence-corrected chi connectivity index (χ3v) is 7.64. The molecule has 0 bridgehead atoms. The van der Waals surface area contributed by atoms with Gasteiger partial charge in [-0.25, -0.2) is 14.6 Å². The first kappa shape index (κ1) is 28.0. The number of ether oxygens (including phenoxy) is 3. The van der Waals surface area contributed by atoms with E-state index in [2.05, 4.69) is 29.9 Å². The molecule has 3 heterocycles. The minimum absolute atomic E-state index is 0.0404. The van der Waals surface area contributed by atoms with Gasteiger partial charge in [-0.05, 0) is 52.6 Å². The van der Waals surface area contributed by atoms with Gasteiger partial charge >= 0.3 is 12.1 Å². The molecule has 1 atom stereocenters. The topological polar surface area (TPSA) is 94.9 Å². The van der Waals surface area contributed by atoms with Crippen LogP contribution in [0.4, 0.5) is 10.5 Å². The van der Waals surface area contributed by atoms with Gasteiger partial charge in [0.25, 0.3) is 0 Å². The van der Waals surface area contributed by atoms with Gasteiger partial charge in [0, 0.05) is 51.6 Å². The largest absolute Gasteiger partial charge is 0.462 e. The normalized spacial score (nSPS) is 16.8. The van der Waals surface area contributed by atoms with Gasteiger partial charge in [-0.1, -0.05) is 19.6 Å². The Hall–Kier alpha value is -2.59. The molecular weight excluding hydrogens is 476 g/mol. The summed E-state index contributed by atoms with van der Waals surface area (Å²) >= 11 is 0. The quantitative estimate of drug-likeness (QED) is 0.272. The molecule has 10 heteroatoms. The summed E-state index contributed by atoms with van der Waals surface area (Å²) in [4.78, 5) is 31.7. The lowest BCUT2D eigenvalue weighted by molar-refractivity contribution is 0.0205. The summed E-state index contributed by atoms with van der Waals surface area (Å²) in [5.41, 5.74) is 1.25. The Balaban J connectivity index is 1.82. The van der Waals surface area contributed by atoms with E-state index in [1.807, 2.05) is 37.6 Å². The third-order valence-electron chi connectivity index (χ3n) is 5.93. The highest BCUT2D eigenvalue weighted by molar-refractivity contribution is 6.76. The van der Waals surface area contributed by atoms with Crippen molar-refractivity contribution in [2.75, 3.05) is 31.6 Å². The summed E-state index contributed by atoms with van der Waals surface area (Å²) < 4.78 is 18.8. The number of hydrogen-bond donors (Lipinski definition) is 1. The minimum Gasteiger partial charge on any atom is -0.462 e. The lowest BCUT2D eigenvalue weighted by Gasteiger charge is -2.35. The van der Waals surface area contributed by atoms with Crippen LogP contribution in [0.2, 0.25) is 25.7 Å². The number of anilines is 1. The fourth-order valence-electron chi connectivity index (χ4n) is 4.09. The smallest absolute Gasteiger partial charge is 0.410 e. The van der Waals surface area contributed by atoms with Gasteiger partial charge in [-0.3, -0.25) is 0 Å². The fourth-order valence-corrected chi connectivity index (χ4v) is 4.85. The molecule has 9 nitrogen and oxygen atoms in total. The number of esters is 1. The van der Waals surface area contributed by atoms with Gasteiger partial charge in [0.05, 0.1) is 12.3 Å². The van der Waals surface area contributed by atoms with Crippen LogP contribution in [0.1, 0.15) is 50.9 Å². The first-order valence-corrected chi connectivity index (χ1v) is 16.6. The zero-order chi connectivity index (χ0) is 26.5. The average molecular weight is 519 g/mol. The lowest BCUT2D eigenvalue weighted by atomic mass is 10.0. The van der Waals surface area contributed by atoms with Crippen molar-refractivity contribution in [3.05, 3.63) is 24.0 Å². The van der Waals surface area contributed by atoms with E-state index in [9.17, 15) is 9.59 Å². The SMILES string of the molecule is CCOC(=O)c1cnc2c(ccn2COCC[Si](C)(C)C)c1N[C@@H]1CCCN(C(=O)OC(C)(C)C)C1. The van der Waals surface area contributed by atoms with E-state index >= 15 is 0 Å². The van der Waals surface area contributed by atoms with Gasteiger partial charge in [0.15, 0.2) is 0 Å². The Bertz CT molecular complexity index is 1060. The maximum absolute atomic E-state index is 12.8. The number of aromatic nitrogens is 2. The van der Waals surface area contributed by atoms with Crippen molar-refractivity contribution >= 4 is 36.9 Å². The molecule has 1 N–H and O–H groups in total. The van der Waals surface area contributed by atoms with Crippen LogP contribution in [0.5, 0.6) is 0 Å². The summed E-state index contributed by atoms with van der Waals surface area (Å²) in [6, 6.07) is 3.00. The second-order valence-corrected chi connectivity index (χ2v) is 17.2. The Morgan fingerprint density at radius 3 is 2.67 bits per heavy atom. The molecule has 200 valence electrons. The van der Waals surface area contributed by atoms with Crippen LogP contribution in [-0.4, -0.2) is 72.5 Å². The van der Waals surface area contributed by atoms with Crippen LogP contribution in [0.15, 0.2) is 18.5 Å². The zero-order valence-corrected chi connectivity index (χ0v) is 23.8. The number of fused-ring (bicyclic) bond motifs is 1. The minimum atomic E-state index is -1.17. The van der Waals surface area contributed by atoms with Crippen LogP contribution in [0, 0.1) is 0 Å². The Morgan fingerprint density at radius 2 is 2.00 bits per heavy atom. The molecule has 0 saturated carbocycles.